The van der Waals surface area contributed by atoms with Crippen molar-refractivity contribution in [2.24, 2.45) is 12.2 Å². The van der Waals surface area contributed by atoms with Gasteiger partial charge in [0.15, 0.2) is 0 Å². The molecule has 0 aliphatic rings. The molecule has 0 bridgehead atoms. The SMILES string of the molecule is Cn1c(COC(=O)c2ccc(NS(=O)(=O)c3cc(Cl)c(Cl)s3)cc2O)cnc1N=O. The number of thiophene rings is 1. The molecule has 0 aliphatic heterocycles. The highest BCUT2D eigenvalue weighted by Crippen LogP contribution is 2.35. The number of anilines is 1. The fourth-order valence-electron chi connectivity index (χ4n) is 2.30. The highest BCUT2D eigenvalue weighted by atomic mass is 35.5. The summed E-state index contributed by atoms with van der Waals surface area (Å²) in [5, 5.41) is 12.9. The number of phenolic OH excluding ortho intramolecular Hbond substituents is 1. The third-order valence-electron chi connectivity index (χ3n) is 3.85. The van der Waals surface area contributed by atoms with Crippen LogP contribution in [-0.2, 0) is 28.4 Å². The van der Waals surface area contributed by atoms with Crippen molar-refractivity contribution in [1.29, 1.82) is 0 Å². The molecule has 0 spiro atoms. The number of rotatable bonds is 7. The Morgan fingerprint density at radius 1 is 1.37 bits per heavy atom. The zero-order valence-electron chi connectivity index (χ0n) is 15.0. The maximum atomic E-state index is 12.4. The monoisotopic (exact) mass is 490 g/mol. The second kappa shape index (κ2) is 8.60. The number of esters is 1. The lowest BCUT2D eigenvalue weighted by atomic mass is 10.2. The standard InChI is InChI=1S/C16H12Cl2N4O6S2/c1-22-9(6-19-16(22)20-25)7-28-15(24)10-3-2-8(4-12(10)23)21-30(26,27)13-5-11(17)14(18)29-13/h2-6,21,23H,7H2,1H3. The minimum atomic E-state index is -3.99. The fraction of sp³-hybridized carbons (Fsp3) is 0.125. The van der Waals surface area contributed by atoms with Gasteiger partial charge in [-0.25, -0.2) is 18.2 Å². The molecule has 0 atom stereocenters. The third-order valence-corrected chi connectivity index (χ3v) is 7.57. The Bertz CT molecular complexity index is 1220. The molecule has 0 fully saturated rings. The van der Waals surface area contributed by atoms with E-state index < -0.39 is 21.7 Å². The first-order valence-electron chi connectivity index (χ1n) is 7.94. The molecule has 3 rings (SSSR count). The molecule has 3 aromatic rings. The van der Waals surface area contributed by atoms with E-state index in [9.17, 15) is 23.2 Å². The van der Waals surface area contributed by atoms with E-state index in [1.54, 1.807) is 0 Å². The number of hydrogen-bond donors (Lipinski definition) is 2. The second-order valence-corrected chi connectivity index (χ2v) is 9.77. The molecule has 0 saturated heterocycles. The van der Waals surface area contributed by atoms with Gasteiger partial charge in [-0.1, -0.05) is 23.2 Å². The summed E-state index contributed by atoms with van der Waals surface area (Å²) in [5.74, 6) is -1.43. The topological polar surface area (TPSA) is 140 Å². The number of nitroso groups, excluding NO2 is 1. The van der Waals surface area contributed by atoms with Crippen LogP contribution >= 0.6 is 34.5 Å². The molecule has 2 aromatic heterocycles. The zero-order valence-corrected chi connectivity index (χ0v) is 18.1. The number of benzene rings is 1. The number of carbonyl (C=O) groups excluding carboxylic acids is 1. The van der Waals surface area contributed by atoms with E-state index in [4.69, 9.17) is 27.9 Å². The molecule has 0 amide bonds. The van der Waals surface area contributed by atoms with E-state index in [1.165, 1.54) is 36.0 Å². The first-order valence-corrected chi connectivity index (χ1v) is 11.0. The lowest BCUT2D eigenvalue weighted by Crippen LogP contribution is -2.12. The fourth-order valence-corrected chi connectivity index (χ4v) is 5.23. The summed E-state index contributed by atoms with van der Waals surface area (Å²) < 4.78 is 33.5. The quantitative estimate of drug-likeness (QED) is 0.375. The molecular formula is C16H12Cl2N4O6S2. The average Bonchev–Trinajstić information content (AvgIpc) is 3.21. The van der Waals surface area contributed by atoms with Gasteiger partial charge in [0, 0.05) is 18.3 Å². The molecule has 0 saturated carbocycles. The van der Waals surface area contributed by atoms with Crippen molar-refractivity contribution < 1.29 is 23.1 Å². The number of halogens is 2. The van der Waals surface area contributed by atoms with Gasteiger partial charge < -0.3 is 14.4 Å². The van der Waals surface area contributed by atoms with Crippen molar-refractivity contribution in [1.82, 2.24) is 9.55 Å². The van der Waals surface area contributed by atoms with Crippen molar-refractivity contribution in [3.05, 3.63) is 56.0 Å². The first kappa shape index (κ1) is 22.0. The maximum Gasteiger partial charge on any atom is 0.342 e. The van der Waals surface area contributed by atoms with Gasteiger partial charge in [-0.05, 0) is 18.2 Å². The van der Waals surface area contributed by atoms with Crippen LogP contribution in [0.3, 0.4) is 0 Å². The highest BCUT2D eigenvalue weighted by molar-refractivity contribution is 7.94. The molecule has 158 valence electrons. The van der Waals surface area contributed by atoms with Gasteiger partial charge in [-0.3, -0.25) is 4.72 Å². The lowest BCUT2D eigenvalue weighted by Gasteiger charge is -2.10. The number of aromatic hydroxyl groups is 1. The van der Waals surface area contributed by atoms with Crippen LogP contribution in [0.4, 0.5) is 11.6 Å². The predicted molar refractivity (Wildman–Crippen MR) is 111 cm³/mol. The summed E-state index contributed by atoms with van der Waals surface area (Å²) in [5.41, 5.74) is 0.240. The molecule has 14 heteroatoms. The number of phenols is 1. The Morgan fingerprint density at radius 3 is 2.67 bits per heavy atom. The third kappa shape index (κ3) is 4.56. The van der Waals surface area contributed by atoms with Crippen LogP contribution in [-0.4, -0.2) is 29.0 Å². The van der Waals surface area contributed by atoms with E-state index in [-0.39, 0.29) is 37.4 Å². The van der Waals surface area contributed by atoms with E-state index in [2.05, 4.69) is 14.9 Å². The van der Waals surface area contributed by atoms with E-state index in [1.807, 2.05) is 0 Å². The van der Waals surface area contributed by atoms with Gasteiger partial charge >= 0.3 is 5.97 Å². The smallest absolute Gasteiger partial charge is 0.342 e. The van der Waals surface area contributed by atoms with Crippen molar-refractivity contribution in [2.45, 2.75) is 10.8 Å². The minimum absolute atomic E-state index is 0.0121. The number of ether oxygens (including phenoxy) is 1. The number of carbonyl (C=O) groups is 1. The molecule has 0 radical (unpaired) electrons. The Kier molecular flexibility index (Phi) is 6.31. The lowest BCUT2D eigenvalue weighted by molar-refractivity contribution is 0.0461. The van der Waals surface area contributed by atoms with Crippen LogP contribution in [0.15, 0.2) is 39.8 Å². The molecule has 10 nitrogen and oxygen atoms in total. The summed E-state index contributed by atoms with van der Waals surface area (Å²) in [6, 6.07) is 4.74. The Labute approximate surface area is 184 Å². The second-order valence-electron chi connectivity index (χ2n) is 5.80. The number of sulfonamides is 1. The molecular weight excluding hydrogens is 479 g/mol. The zero-order chi connectivity index (χ0) is 22.1. The predicted octanol–water partition coefficient (Wildman–Crippen LogP) is 4.05. The number of aromatic nitrogens is 2. The van der Waals surface area contributed by atoms with Gasteiger partial charge in [-0.15, -0.1) is 16.2 Å². The van der Waals surface area contributed by atoms with Crippen LogP contribution in [0.25, 0.3) is 0 Å². The van der Waals surface area contributed by atoms with Gasteiger partial charge in [0.05, 0.1) is 22.6 Å². The number of nitrogens with zero attached hydrogens (tertiary/aromatic N) is 3. The largest absolute Gasteiger partial charge is 0.507 e. The summed E-state index contributed by atoms with van der Waals surface area (Å²) in [7, 11) is -2.46. The molecule has 2 heterocycles. The van der Waals surface area contributed by atoms with Crippen LogP contribution in [0.5, 0.6) is 5.75 Å². The van der Waals surface area contributed by atoms with E-state index in [0.717, 1.165) is 17.4 Å². The Balaban J connectivity index is 1.72. The van der Waals surface area contributed by atoms with Crippen LogP contribution in [0.2, 0.25) is 9.36 Å². The van der Waals surface area contributed by atoms with Crippen LogP contribution in [0, 0.1) is 4.91 Å². The van der Waals surface area contributed by atoms with Gasteiger partial charge in [0.25, 0.3) is 16.0 Å². The summed E-state index contributed by atoms with van der Waals surface area (Å²) >= 11 is 12.3. The van der Waals surface area contributed by atoms with Gasteiger partial charge in [-0.2, -0.15) is 0 Å². The van der Waals surface area contributed by atoms with Gasteiger partial charge in [0.2, 0.25) is 0 Å². The highest BCUT2D eigenvalue weighted by Gasteiger charge is 2.21. The summed E-state index contributed by atoms with van der Waals surface area (Å²) in [4.78, 5) is 26.5. The number of nitrogens with one attached hydrogen (secondary N) is 1. The molecule has 0 aliphatic carbocycles. The summed E-state index contributed by atoms with van der Waals surface area (Å²) in [6.07, 6.45) is 1.32. The summed E-state index contributed by atoms with van der Waals surface area (Å²) in [6.45, 7) is -0.217. The van der Waals surface area contributed by atoms with Gasteiger partial charge in [0.1, 0.15) is 26.5 Å². The molecule has 0 unspecified atom stereocenters. The Morgan fingerprint density at radius 2 is 2.10 bits per heavy atom. The van der Waals surface area contributed by atoms with Crippen LogP contribution < -0.4 is 4.72 Å². The normalized spacial score (nSPS) is 11.3. The van der Waals surface area contributed by atoms with Crippen molar-refractivity contribution in [3.8, 4) is 5.75 Å². The maximum absolute atomic E-state index is 12.4. The molecule has 1 aromatic carbocycles. The van der Waals surface area contributed by atoms with Crippen molar-refractivity contribution in [3.63, 3.8) is 0 Å². The van der Waals surface area contributed by atoms with Crippen molar-refractivity contribution in [2.75, 3.05) is 4.72 Å². The van der Waals surface area contributed by atoms with E-state index in [0.29, 0.717) is 5.69 Å². The van der Waals surface area contributed by atoms with Crippen molar-refractivity contribution >= 4 is 62.2 Å². The molecule has 30 heavy (non-hydrogen) atoms. The average molecular weight is 491 g/mol. The molecule has 2 N–H and O–H groups in total. The van der Waals surface area contributed by atoms with Crippen LogP contribution in [0.1, 0.15) is 16.1 Å². The number of imidazole rings is 1. The number of hydrogen-bond acceptors (Lipinski definition) is 9. The Hall–Kier alpha value is -2.67. The minimum Gasteiger partial charge on any atom is -0.507 e. The first-order chi connectivity index (χ1) is 14.1. The van der Waals surface area contributed by atoms with E-state index >= 15 is 0 Å².